The maximum absolute atomic E-state index is 13.0. The molecule has 0 aliphatic carbocycles. The van der Waals surface area contributed by atoms with E-state index in [4.69, 9.17) is 16.6 Å². The molecule has 188 valence electrons. The highest BCUT2D eigenvalue weighted by molar-refractivity contribution is 7.90. The van der Waals surface area contributed by atoms with Gasteiger partial charge in [-0.3, -0.25) is 9.56 Å². The van der Waals surface area contributed by atoms with Gasteiger partial charge in [-0.1, -0.05) is 35.9 Å². The van der Waals surface area contributed by atoms with E-state index in [1.165, 1.54) is 28.5 Å². The number of hydrogen-bond acceptors (Lipinski definition) is 8. The van der Waals surface area contributed by atoms with Crippen LogP contribution in [0.5, 0.6) is 0 Å². The molecular weight excluding hydrogens is 534 g/mol. The number of pyridine rings is 1. The molecule has 0 unspecified atom stereocenters. The minimum Gasteiger partial charge on any atom is -0.318 e. The first-order valence-electron chi connectivity index (χ1n) is 11.4. The zero-order chi connectivity index (χ0) is 25.7. The summed E-state index contributed by atoms with van der Waals surface area (Å²) in [5.74, 6) is 1.46. The Kier molecular flexibility index (Phi) is 5.81. The third-order valence-corrected chi connectivity index (χ3v) is 9.07. The summed E-state index contributed by atoms with van der Waals surface area (Å²) in [6.07, 6.45) is 1.89. The summed E-state index contributed by atoms with van der Waals surface area (Å²) in [6.45, 7) is 2.84. The average Bonchev–Trinajstić information content (AvgIpc) is 3.40. The molecule has 5 heterocycles. The van der Waals surface area contributed by atoms with E-state index in [1.54, 1.807) is 12.1 Å². The fraction of sp³-hybridized carbons (Fsp3) is 0.208. The zero-order valence-corrected chi connectivity index (χ0v) is 21.9. The number of carbonyl (C=O) groups excluding carboxylic acids is 1. The van der Waals surface area contributed by atoms with Crippen LogP contribution in [-0.2, 0) is 29.5 Å². The van der Waals surface area contributed by atoms with Crippen molar-refractivity contribution in [1.29, 1.82) is 0 Å². The van der Waals surface area contributed by atoms with Crippen LogP contribution in [0.2, 0.25) is 5.02 Å². The molecule has 4 aromatic rings. The van der Waals surface area contributed by atoms with Gasteiger partial charge in [-0.15, -0.1) is 21.5 Å². The topological polar surface area (TPSA) is 122 Å². The van der Waals surface area contributed by atoms with E-state index >= 15 is 0 Å². The Labute approximate surface area is 221 Å². The van der Waals surface area contributed by atoms with Gasteiger partial charge >= 0.3 is 6.03 Å². The zero-order valence-electron chi connectivity index (χ0n) is 19.5. The maximum Gasteiger partial charge on any atom is 0.331 e. The fourth-order valence-corrected chi connectivity index (χ4v) is 7.15. The molecule has 0 atom stereocenters. The van der Waals surface area contributed by atoms with Gasteiger partial charge in [0.15, 0.2) is 10.9 Å². The Hall–Kier alpha value is -3.61. The minimum atomic E-state index is -4.08. The molecule has 6 rings (SSSR count). The molecule has 13 heteroatoms. The van der Waals surface area contributed by atoms with E-state index in [2.05, 4.69) is 19.9 Å². The van der Waals surface area contributed by atoms with Crippen molar-refractivity contribution in [2.75, 3.05) is 6.54 Å². The Morgan fingerprint density at radius 2 is 1.95 bits per heavy atom. The highest BCUT2D eigenvalue weighted by Gasteiger charge is 2.34. The number of nitrogens with zero attached hydrogens (tertiary/aromatic N) is 6. The van der Waals surface area contributed by atoms with E-state index in [-0.39, 0.29) is 11.6 Å². The Morgan fingerprint density at radius 3 is 2.73 bits per heavy atom. The first kappa shape index (κ1) is 23.8. The number of benzene rings is 1. The second-order valence-corrected chi connectivity index (χ2v) is 11.7. The number of aromatic nitrogens is 4. The lowest BCUT2D eigenvalue weighted by Gasteiger charge is -2.27. The van der Waals surface area contributed by atoms with Crippen molar-refractivity contribution in [2.45, 2.75) is 31.5 Å². The number of amides is 2. The second kappa shape index (κ2) is 9.05. The molecule has 1 N–H and O–H groups in total. The van der Waals surface area contributed by atoms with Crippen LogP contribution in [-0.4, -0.2) is 51.4 Å². The summed E-state index contributed by atoms with van der Waals surface area (Å²) in [6, 6.07) is 11.4. The number of nitrogens with one attached hydrogen (secondary N) is 1. The summed E-state index contributed by atoms with van der Waals surface area (Å²) in [5.41, 5.74) is 3.62. The fourth-order valence-electron chi connectivity index (χ4n) is 4.58. The molecule has 37 heavy (non-hydrogen) atoms. The monoisotopic (exact) mass is 553 g/mol. The summed E-state index contributed by atoms with van der Waals surface area (Å²) >= 11 is 8.11. The third-order valence-electron chi connectivity index (χ3n) is 6.30. The van der Waals surface area contributed by atoms with Gasteiger partial charge < -0.3 is 4.90 Å². The molecule has 3 aromatic heterocycles. The molecule has 0 fully saturated rings. The van der Waals surface area contributed by atoms with E-state index in [9.17, 15) is 13.2 Å². The molecule has 2 amide bonds. The third kappa shape index (κ3) is 4.10. The Balaban J connectivity index is 1.38. The standard InChI is InChI=1S/C24H20ClN7O3S2/c1-14-28-29-19-12-27-22(15-6-2-3-7-17(15)25)21-16-9-11-31(13-18(16)36-23(21)32(14)19)24(33)30-37(34,35)20-8-4-5-10-26-20/h2-8,10H,9,11-13H2,1H3,(H,30,33). The molecule has 2 aliphatic rings. The maximum atomic E-state index is 13.0. The van der Waals surface area contributed by atoms with E-state index in [1.807, 2.05) is 35.8 Å². The number of aliphatic imine (C=N–C) groups is 1. The number of carbonyl (C=O) groups is 1. The van der Waals surface area contributed by atoms with E-state index in [0.717, 1.165) is 43.9 Å². The summed E-state index contributed by atoms with van der Waals surface area (Å²) in [5, 5.41) is 9.87. The predicted molar refractivity (Wildman–Crippen MR) is 139 cm³/mol. The SMILES string of the molecule is Cc1nnc2n1-c1sc3c(c1C(c1ccccc1Cl)=NC2)CCN(C(=O)NS(=O)(=O)c1ccccn1)C3. The Morgan fingerprint density at radius 1 is 1.14 bits per heavy atom. The highest BCUT2D eigenvalue weighted by atomic mass is 35.5. The van der Waals surface area contributed by atoms with Gasteiger partial charge in [-0.05, 0) is 37.1 Å². The van der Waals surface area contributed by atoms with Crippen LogP contribution in [0.1, 0.15) is 33.2 Å². The van der Waals surface area contributed by atoms with Crippen molar-refractivity contribution < 1.29 is 13.2 Å². The van der Waals surface area contributed by atoms with Gasteiger partial charge in [-0.2, -0.15) is 8.42 Å². The van der Waals surface area contributed by atoms with Crippen molar-refractivity contribution in [1.82, 2.24) is 29.4 Å². The number of thiophene rings is 1. The first-order chi connectivity index (χ1) is 17.8. The number of hydrogen-bond donors (Lipinski definition) is 1. The van der Waals surface area contributed by atoms with Gasteiger partial charge in [0.1, 0.15) is 17.4 Å². The van der Waals surface area contributed by atoms with E-state index < -0.39 is 16.1 Å². The molecule has 10 nitrogen and oxygen atoms in total. The van der Waals surface area contributed by atoms with Crippen molar-refractivity contribution in [3.05, 3.63) is 86.9 Å². The quantitative estimate of drug-likeness (QED) is 0.414. The van der Waals surface area contributed by atoms with Gasteiger partial charge in [-0.25, -0.2) is 14.5 Å². The van der Waals surface area contributed by atoms with Gasteiger partial charge in [0.25, 0.3) is 10.0 Å². The largest absolute Gasteiger partial charge is 0.331 e. The lowest BCUT2D eigenvalue weighted by Crippen LogP contribution is -2.45. The van der Waals surface area contributed by atoms with Crippen LogP contribution in [0.15, 0.2) is 58.7 Å². The normalized spacial score (nSPS) is 14.8. The second-order valence-electron chi connectivity index (χ2n) is 8.58. The summed E-state index contributed by atoms with van der Waals surface area (Å²) in [7, 11) is -4.08. The van der Waals surface area contributed by atoms with Crippen LogP contribution in [0, 0.1) is 6.92 Å². The van der Waals surface area contributed by atoms with Crippen molar-refractivity contribution >= 4 is 44.7 Å². The van der Waals surface area contributed by atoms with Crippen LogP contribution in [0.25, 0.3) is 5.00 Å². The number of halogens is 1. The van der Waals surface area contributed by atoms with Crippen molar-refractivity contribution in [3.8, 4) is 5.00 Å². The summed E-state index contributed by atoms with van der Waals surface area (Å²) < 4.78 is 29.4. The average molecular weight is 554 g/mol. The minimum absolute atomic E-state index is 0.208. The number of aryl methyl sites for hydroxylation is 1. The van der Waals surface area contributed by atoms with Gasteiger partial charge in [0.05, 0.1) is 12.3 Å². The highest BCUT2D eigenvalue weighted by Crippen LogP contribution is 2.40. The van der Waals surface area contributed by atoms with Gasteiger partial charge in [0.2, 0.25) is 0 Å². The molecule has 2 aliphatic heterocycles. The molecule has 0 saturated heterocycles. The molecule has 0 spiro atoms. The van der Waals surface area contributed by atoms with Crippen molar-refractivity contribution in [2.24, 2.45) is 4.99 Å². The van der Waals surface area contributed by atoms with Crippen molar-refractivity contribution in [3.63, 3.8) is 0 Å². The first-order valence-corrected chi connectivity index (χ1v) is 14.1. The number of urea groups is 1. The van der Waals surface area contributed by atoms with E-state index in [0.29, 0.717) is 24.5 Å². The van der Waals surface area contributed by atoms with Crippen LogP contribution in [0.3, 0.4) is 0 Å². The van der Waals surface area contributed by atoms with Crippen LogP contribution >= 0.6 is 22.9 Å². The number of fused-ring (bicyclic) bond motifs is 5. The predicted octanol–water partition coefficient (Wildman–Crippen LogP) is 3.49. The number of rotatable bonds is 3. The lowest BCUT2D eigenvalue weighted by atomic mass is 9.95. The smallest absolute Gasteiger partial charge is 0.318 e. The molecule has 0 radical (unpaired) electrons. The molecule has 0 bridgehead atoms. The molecule has 0 saturated carbocycles. The number of sulfonamides is 1. The Bertz CT molecular complexity index is 1680. The van der Waals surface area contributed by atoms with Gasteiger partial charge in [0, 0.05) is 33.8 Å². The summed E-state index contributed by atoms with van der Waals surface area (Å²) in [4.78, 5) is 24.2. The molecule has 1 aromatic carbocycles. The lowest BCUT2D eigenvalue weighted by molar-refractivity contribution is 0.199. The van der Waals surface area contributed by atoms with Crippen LogP contribution < -0.4 is 4.72 Å². The molecular formula is C24H20ClN7O3S2. The van der Waals surface area contributed by atoms with Crippen LogP contribution in [0.4, 0.5) is 4.79 Å².